The van der Waals surface area contributed by atoms with Gasteiger partial charge in [-0.05, 0) is 47.7 Å². The van der Waals surface area contributed by atoms with Crippen molar-refractivity contribution in [3.8, 4) is 0 Å². The number of hydrogen-bond acceptors (Lipinski definition) is 4. The summed E-state index contributed by atoms with van der Waals surface area (Å²) in [4.78, 5) is 11.0. The van der Waals surface area contributed by atoms with E-state index in [1.54, 1.807) is 0 Å². The summed E-state index contributed by atoms with van der Waals surface area (Å²) < 4.78 is 0. The molecule has 1 N–H and O–H groups in total. The molecule has 0 bridgehead atoms. The van der Waals surface area contributed by atoms with Crippen molar-refractivity contribution in [3.63, 3.8) is 0 Å². The fourth-order valence-corrected chi connectivity index (χ4v) is 1.72. The van der Waals surface area contributed by atoms with E-state index in [0.29, 0.717) is 17.0 Å². The first-order valence-electron chi connectivity index (χ1n) is 6.36. The Morgan fingerprint density at radius 2 is 1.83 bits per heavy atom. The summed E-state index contributed by atoms with van der Waals surface area (Å²) in [6.07, 6.45) is 1.06. The van der Waals surface area contributed by atoms with Gasteiger partial charge in [0.15, 0.2) is 11.0 Å². The van der Waals surface area contributed by atoms with Crippen molar-refractivity contribution < 1.29 is 0 Å². The Hall–Kier alpha value is -0.870. The zero-order chi connectivity index (χ0) is 13.7. The highest BCUT2D eigenvalue weighted by Gasteiger charge is 2.07. The minimum atomic E-state index is 0.454. The average Bonchev–Trinajstić information content (AvgIpc) is 2.30. The zero-order valence-corrected chi connectivity index (χ0v) is 12.7. The molecule has 0 saturated carbocycles. The molecule has 0 aliphatic rings. The van der Waals surface area contributed by atoms with Crippen molar-refractivity contribution in [3.05, 3.63) is 16.5 Å². The zero-order valence-electron chi connectivity index (χ0n) is 11.9. The first kappa shape index (κ1) is 15.2. The average molecular weight is 271 g/mol. The van der Waals surface area contributed by atoms with Gasteiger partial charge in [-0.25, -0.2) is 9.97 Å². The number of rotatable bonds is 6. The molecular formula is C13H23ClN4. The van der Waals surface area contributed by atoms with Gasteiger partial charge in [0, 0.05) is 12.6 Å². The largest absolute Gasteiger partial charge is 0.367 e. The summed E-state index contributed by atoms with van der Waals surface area (Å²) in [5.41, 5.74) is 1.80. The topological polar surface area (TPSA) is 41.1 Å². The van der Waals surface area contributed by atoms with Crippen LogP contribution in [0.15, 0.2) is 0 Å². The van der Waals surface area contributed by atoms with Crippen molar-refractivity contribution in [2.45, 2.75) is 40.2 Å². The van der Waals surface area contributed by atoms with Crippen molar-refractivity contribution in [2.75, 3.05) is 25.5 Å². The second-order valence-electron chi connectivity index (χ2n) is 4.89. The molecule has 0 atom stereocenters. The van der Waals surface area contributed by atoms with Crippen LogP contribution in [0.25, 0.3) is 0 Å². The van der Waals surface area contributed by atoms with Gasteiger partial charge in [0.2, 0.25) is 0 Å². The number of nitrogens with zero attached hydrogens (tertiary/aromatic N) is 3. The molecule has 102 valence electrons. The van der Waals surface area contributed by atoms with E-state index in [1.165, 1.54) is 0 Å². The molecule has 0 radical (unpaired) electrons. The van der Waals surface area contributed by atoms with Crippen LogP contribution in [0.5, 0.6) is 0 Å². The number of anilines is 1. The molecule has 1 heterocycles. The summed E-state index contributed by atoms with van der Waals surface area (Å²) >= 11 is 6.05. The molecule has 0 fully saturated rings. The van der Waals surface area contributed by atoms with Crippen LogP contribution in [0.2, 0.25) is 5.15 Å². The highest BCUT2D eigenvalue weighted by atomic mass is 35.5. The standard InChI is InChI=1S/C13H23ClN4/c1-9(2)18(5)8-6-7-15-13-12(14)16-10(3)11(4)17-13/h9H,6-8H2,1-5H3,(H,15,17). The fraction of sp³-hybridized carbons (Fsp3) is 0.692. The van der Waals surface area contributed by atoms with Gasteiger partial charge in [0.1, 0.15) is 0 Å². The lowest BCUT2D eigenvalue weighted by Crippen LogP contribution is -2.28. The predicted octanol–water partition coefficient (Wildman–Crippen LogP) is 2.89. The van der Waals surface area contributed by atoms with Crippen molar-refractivity contribution in [1.29, 1.82) is 0 Å². The SMILES string of the molecule is Cc1nc(Cl)c(NCCCN(C)C(C)C)nc1C. The van der Waals surface area contributed by atoms with Gasteiger partial charge < -0.3 is 10.2 Å². The predicted molar refractivity (Wildman–Crippen MR) is 77.4 cm³/mol. The van der Waals surface area contributed by atoms with Gasteiger partial charge in [0.25, 0.3) is 0 Å². The Labute approximate surface area is 115 Å². The van der Waals surface area contributed by atoms with E-state index in [9.17, 15) is 0 Å². The van der Waals surface area contributed by atoms with E-state index in [-0.39, 0.29) is 0 Å². The summed E-state index contributed by atoms with van der Waals surface area (Å²) in [5.74, 6) is 0.687. The van der Waals surface area contributed by atoms with Crippen molar-refractivity contribution >= 4 is 17.4 Å². The molecule has 1 aromatic heterocycles. The molecule has 0 aliphatic carbocycles. The van der Waals surface area contributed by atoms with E-state index in [0.717, 1.165) is 30.9 Å². The summed E-state index contributed by atoms with van der Waals surface area (Å²) in [5, 5.41) is 3.70. The third-order valence-electron chi connectivity index (χ3n) is 3.13. The van der Waals surface area contributed by atoms with Crippen molar-refractivity contribution in [2.24, 2.45) is 0 Å². The summed E-state index contributed by atoms with van der Waals surface area (Å²) in [7, 11) is 2.13. The van der Waals surface area contributed by atoms with Crippen LogP contribution < -0.4 is 5.32 Å². The van der Waals surface area contributed by atoms with E-state index in [1.807, 2.05) is 13.8 Å². The van der Waals surface area contributed by atoms with Gasteiger partial charge in [-0.15, -0.1) is 0 Å². The second-order valence-corrected chi connectivity index (χ2v) is 5.25. The third kappa shape index (κ3) is 4.42. The molecule has 0 unspecified atom stereocenters. The highest BCUT2D eigenvalue weighted by molar-refractivity contribution is 6.31. The van der Waals surface area contributed by atoms with E-state index in [2.05, 4.69) is 41.1 Å². The minimum Gasteiger partial charge on any atom is -0.367 e. The molecule has 1 rings (SSSR count). The molecule has 4 nitrogen and oxygen atoms in total. The Morgan fingerprint density at radius 3 is 2.44 bits per heavy atom. The second kappa shape index (κ2) is 6.90. The summed E-state index contributed by atoms with van der Waals surface area (Å²) in [6, 6.07) is 0.579. The molecule has 0 amide bonds. The lowest BCUT2D eigenvalue weighted by Gasteiger charge is -2.20. The van der Waals surface area contributed by atoms with Crippen LogP contribution in [0.1, 0.15) is 31.7 Å². The first-order valence-corrected chi connectivity index (χ1v) is 6.74. The van der Waals surface area contributed by atoms with Gasteiger partial charge in [-0.3, -0.25) is 0 Å². The Kier molecular flexibility index (Phi) is 5.82. The molecule has 0 saturated heterocycles. The van der Waals surface area contributed by atoms with Gasteiger partial charge >= 0.3 is 0 Å². The van der Waals surface area contributed by atoms with Crippen LogP contribution in [-0.2, 0) is 0 Å². The van der Waals surface area contributed by atoms with Crippen LogP contribution in [0.3, 0.4) is 0 Å². The smallest absolute Gasteiger partial charge is 0.171 e. The van der Waals surface area contributed by atoms with Gasteiger partial charge in [0.05, 0.1) is 11.4 Å². The number of hydrogen-bond donors (Lipinski definition) is 1. The van der Waals surface area contributed by atoms with Crippen molar-refractivity contribution in [1.82, 2.24) is 14.9 Å². The molecule has 18 heavy (non-hydrogen) atoms. The maximum atomic E-state index is 6.05. The van der Waals surface area contributed by atoms with Crippen LogP contribution in [0.4, 0.5) is 5.82 Å². The quantitative estimate of drug-likeness (QED) is 0.807. The van der Waals surface area contributed by atoms with Crippen LogP contribution >= 0.6 is 11.6 Å². The maximum Gasteiger partial charge on any atom is 0.171 e. The lowest BCUT2D eigenvalue weighted by molar-refractivity contribution is 0.273. The number of halogens is 1. The normalized spacial score (nSPS) is 11.3. The van der Waals surface area contributed by atoms with Crippen LogP contribution in [-0.4, -0.2) is 41.0 Å². The molecule has 5 heteroatoms. The van der Waals surface area contributed by atoms with E-state index in [4.69, 9.17) is 11.6 Å². The molecule has 0 aromatic carbocycles. The monoisotopic (exact) mass is 270 g/mol. The number of aromatic nitrogens is 2. The van der Waals surface area contributed by atoms with E-state index >= 15 is 0 Å². The lowest BCUT2D eigenvalue weighted by atomic mass is 10.3. The maximum absolute atomic E-state index is 6.05. The van der Waals surface area contributed by atoms with Gasteiger partial charge in [-0.2, -0.15) is 0 Å². The minimum absolute atomic E-state index is 0.454. The number of nitrogens with one attached hydrogen (secondary N) is 1. The first-order chi connectivity index (χ1) is 8.41. The van der Waals surface area contributed by atoms with E-state index < -0.39 is 0 Å². The Morgan fingerprint density at radius 1 is 1.22 bits per heavy atom. The highest BCUT2D eigenvalue weighted by Crippen LogP contribution is 2.18. The third-order valence-corrected chi connectivity index (χ3v) is 3.39. The Balaban J connectivity index is 2.42. The molecule has 1 aromatic rings. The fourth-order valence-electron chi connectivity index (χ4n) is 1.48. The number of aryl methyl sites for hydroxylation is 2. The molecular weight excluding hydrogens is 248 g/mol. The molecule has 0 aliphatic heterocycles. The summed E-state index contributed by atoms with van der Waals surface area (Å²) in [6.45, 7) is 10.2. The Bertz CT molecular complexity index is 393. The van der Waals surface area contributed by atoms with Gasteiger partial charge in [-0.1, -0.05) is 11.6 Å². The molecule has 0 spiro atoms. The van der Waals surface area contributed by atoms with Crippen LogP contribution in [0, 0.1) is 13.8 Å².